The number of aromatic amines is 1. The predicted octanol–water partition coefficient (Wildman–Crippen LogP) is 3.19. The summed E-state index contributed by atoms with van der Waals surface area (Å²) in [6.45, 7) is 4.20. The van der Waals surface area contributed by atoms with Gasteiger partial charge in [0.05, 0.1) is 6.61 Å². The number of ether oxygens (including phenoxy) is 1. The molecule has 5 nitrogen and oxygen atoms in total. The standard InChI is InChI=1S/C17H19N3O2/c1-3-5-6-7-8-13-9-11-14(12-10-13)15-16(19-20-18-15)17(21)22-4-2/h9-12H,3-6H2,1-2H3,(H,18,19,20). The lowest BCUT2D eigenvalue weighted by atomic mass is 10.1. The van der Waals surface area contributed by atoms with E-state index >= 15 is 0 Å². The van der Waals surface area contributed by atoms with Gasteiger partial charge in [0.25, 0.3) is 0 Å². The monoisotopic (exact) mass is 297 g/mol. The molecule has 22 heavy (non-hydrogen) atoms. The zero-order valence-corrected chi connectivity index (χ0v) is 12.8. The van der Waals surface area contributed by atoms with Gasteiger partial charge in [-0.25, -0.2) is 4.79 Å². The summed E-state index contributed by atoms with van der Waals surface area (Å²) < 4.78 is 4.96. The third-order valence-corrected chi connectivity index (χ3v) is 3.06. The van der Waals surface area contributed by atoms with Crippen LogP contribution in [0.4, 0.5) is 0 Å². The summed E-state index contributed by atoms with van der Waals surface area (Å²) in [5.41, 5.74) is 2.43. The second-order valence-electron chi connectivity index (χ2n) is 4.72. The molecule has 0 saturated heterocycles. The molecule has 0 fully saturated rings. The summed E-state index contributed by atoms with van der Waals surface area (Å²) in [6.07, 6.45) is 3.18. The molecule has 0 radical (unpaired) electrons. The maximum atomic E-state index is 11.8. The fraction of sp³-hybridized carbons (Fsp3) is 0.353. The molecule has 0 saturated carbocycles. The second kappa shape index (κ2) is 7.99. The van der Waals surface area contributed by atoms with Crippen LogP contribution < -0.4 is 0 Å². The average molecular weight is 297 g/mol. The molecular weight excluding hydrogens is 278 g/mol. The van der Waals surface area contributed by atoms with Gasteiger partial charge in [-0.2, -0.15) is 10.3 Å². The van der Waals surface area contributed by atoms with Crippen molar-refractivity contribution in [3.05, 3.63) is 35.5 Å². The third kappa shape index (κ3) is 3.95. The quantitative estimate of drug-likeness (QED) is 0.523. The molecule has 0 atom stereocenters. The van der Waals surface area contributed by atoms with Crippen LogP contribution in [0.2, 0.25) is 0 Å². The van der Waals surface area contributed by atoms with Gasteiger partial charge in [0.2, 0.25) is 0 Å². The molecule has 0 unspecified atom stereocenters. The largest absolute Gasteiger partial charge is 0.461 e. The zero-order chi connectivity index (χ0) is 15.8. The molecule has 0 aliphatic rings. The average Bonchev–Trinajstić information content (AvgIpc) is 3.02. The lowest BCUT2D eigenvalue weighted by Crippen LogP contribution is -2.06. The Morgan fingerprint density at radius 3 is 2.68 bits per heavy atom. The molecule has 114 valence electrons. The molecular formula is C17H19N3O2. The molecule has 1 heterocycles. The Morgan fingerprint density at radius 2 is 2.00 bits per heavy atom. The Balaban J connectivity index is 2.15. The molecule has 1 aromatic heterocycles. The number of nitrogens with zero attached hydrogens (tertiary/aromatic N) is 2. The number of rotatable bonds is 5. The number of nitrogens with one attached hydrogen (secondary N) is 1. The first-order valence-corrected chi connectivity index (χ1v) is 7.43. The zero-order valence-electron chi connectivity index (χ0n) is 12.8. The number of carbonyl (C=O) groups excluding carboxylic acids is 1. The Labute approximate surface area is 130 Å². The minimum atomic E-state index is -0.477. The van der Waals surface area contributed by atoms with E-state index in [1.165, 1.54) is 0 Å². The van der Waals surface area contributed by atoms with Crippen molar-refractivity contribution >= 4 is 5.97 Å². The van der Waals surface area contributed by atoms with Crippen LogP contribution in [0.1, 0.15) is 49.2 Å². The number of benzene rings is 1. The van der Waals surface area contributed by atoms with E-state index in [1.807, 2.05) is 24.3 Å². The molecule has 5 heteroatoms. The SMILES string of the molecule is CCCCC#Cc1ccc(-c2n[nH]nc2C(=O)OCC)cc1. The van der Waals surface area contributed by atoms with Crippen LogP contribution >= 0.6 is 0 Å². The van der Waals surface area contributed by atoms with E-state index in [9.17, 15) is 4.79 Å². The van der Waals surface area contributed by atoms with Crippen LogP contribution in [0.25, 0.3) is 11.3 Å². The minimum absolute atomic E-state index is 0.198. The van der Waals surface area contributed by atoms with Crippen molar-refractivity contribution in [2.45, 2.75) is 33.1 Å². The van der Waals surface area contributed by atoms with Gasteiger partial charge in [0.15, 0.2) is 5.69 Å². The summed E-state index contributed by atoms with van der Waals surface area (Å²) in [7, 11) is 0. The highest BCUT2D eigenvalue weighted by Gasteiger charge is 2.18. The minimum Gasteiger partial charge on any atom is -0.461 e. The van der Waals surface area contributed by atoms with E-state index in [1.54, 1.807) is 6.92 Å². The first kappa shape index (κ1) is 15.8. The van der Waals surface area contributed by atoms with E-state index in [4.69, 9.17) is 4.74 Å². The highest BCUT2D eigenvalue weighted by Crippen LogP contribution is 2.20. The van der Waals surface area contributed by atoms with Gasteiger partial charge in [-0.05, 0) is 25.5 Å². The Hall–Kier alpha value is -2.61. The number of esters is 1. The number of carbonyl (C=O) groups is 1. The van der Waals surface area contributed by atoms with Gasteiger partial charge in [0.1, 0.15) is 5.69 Å². The molecule has 0 aliphatic heterocycles. The van der Waals surface area contributed by atoms with Crippen molar-refractivity contribution in [3.8, 4) is 23.1 Å². The molecule has 0 spiro atoms. The van der Waals surface area contributed by atoms with Crippen LogP contribution in [0.5, 0.6) is 0 Å². The van der Waals surface area contributed by atoms with E-state index < -0.39 is 5.97 Å². The van der Waals surface area contributed by atoms with Gasteiger partial charge in [0, 0.05) is 17.5 Å². The highest BCUT2D eigenvalue weighted by molar-refractivity contribution is 5.93. The fourth-order valence-corrected chi connectivity index (χ4v) is 1.92. The summed E-state index contributed by atoms with van der Waals surface area (Å²) in [5, 5.41) is 10.4. The van der Waals surface area contributed by atoms with Gasteiger partial charge in [-0.1, -0.05) is 37.3 Å². The second-order valence-corrected chi connectivity index (χ2v) is 4.72. The molecule has 0 bridgehead atoms. The van der Waals surface area contributed by atoms with Crippen molar-refractivity contribution < 1.29 is 9.53 Å². The first-order valence-electron chi connectivity index (χ1n) is 7.43. The molecule has 0 amide bonds. The number of hydrogen-bond acceptors (Lipinski definition) is 4. The van der Waals surface area contributed by atoms with Gasteiger partial charge in [-0.3, -0.25) is 0 Å². The lowest BCUT2D eigenvalue weighted by Gasteiger charge is -2.01. The number of H-pyrrole nitrogens is 1. The lowest BCUT2D eigenvalue weighted by molar-refractivity contribution is 0.0520. The molecule has 2 rings (SSSR count). The predicted molar refractivity (Wildman–Crippen MR) is 84.2 cm³/mol. The van der Waals surface area contributed by atoms with Gasteiger partial charge in [-0.15, -0.1) is 5.10 Å². The van der Waals surface area contributed by atoms with E-state index in [0.717, 1.165) is 30.4 Å². The fourth-order valence-electron chi connectivity index (χ4n) is 1.92. The van der Waals surface area contributed by atoms with E-state index in [-0.39, 0.29) is 5.69 Å². The normalized spacial score (nSPS) is 9.91. The Morgan fingerprint density at radius 1 is 1.23 bits per heavy atom. The Bertz CT molecular complexity index is 678. The van der Waals surface area contributed by atoms with Gasteiger partial charge >= 0.3 is 5.97 Å². The number of unbranched alkanes of at least 4 members (excludes halogenated alkanes) is 2. The highest BCUT2D eigenvalue weighted by atomic mass is 16.5. The summed E-state index contributed by atoms with van der Waals surface area (Å²) >= 11 is 0. The molecule has 1 aromatic carbocycles. The Kier molecular flexibility index (Phi) is 5.73. The smallest absolute Gasteiger partial charge is 0.361 e. The van der Waals surface area contributed by atoms with Crippen molar-refractivity contribution in [1.29, 1.82) is 0 Å². The van der Waals surface area contributed by atoms with E-state index in [2.05, 4.69) is 34.2 Å². The first-order chi connectivity index (χ1) is 10.8. The van der Waals surface area contributed by atoms with Crippen LogP contribution in [-0.4, -0.2) is 28.0 Å². The van der Waals surface area contributed by atoms with Crippen LogP contribution in [0.15, 0.2) is 24.3 Å². The number of hydrogen-bond donors (Lipinski definition) is 1. The van der Waals surface area contributed by atoms with Crippen LogP contribution in [0.3, 0.4) is 0 Å². The number of aromatic nitrogens is 3. The topological polar surface area (TPSA) is 67.9 Å². The maximum absolute atomic E-state index is 11.8. The molecule has 1 N–H and O–H groups in total. The molecule has 0 aliphatic carbocycles. The van der Waals surface area contributed by atoms with Crippen molar-refractivity contribution in [3.63, 3.8) is 0 Å². The van der Waals surface area contributed by atoms with Crippen molar-refractivity contribution in [2.75, 3.05) is 6.61 Å². The summed E-state index contributed by atoms with van der Waals surface area (Å²) in [5.74, 6) is 5.79. The van der Waals surface area contributed by atoms with Crippen molar-refractivity contribution in [1.82, 2.24) is 15.4 Å². The summed E-state index contributed by atoms with van der Waals surface area (Å²) in [6, 6.07) is 7.59. The van der Waals surface area contributed by atoms with Crippen molar-refractivity contribution in [2.24, 2.45) is 0 Å². The maximum Gasteiger partial charge on any atom is 0.361 e. The van der Waals surface area contributed by atoms with Gasteiger partial charge < -0.3 is 4.74 Å². The van der Waals surface area contributed by atoms with E-state index in [0.29, 0.717) is 12.3 Å². The third-order valence-electron chi connectivity index (χ3n) is 3.06. The molecule has 2 aromatic rings. The van der Waals surface area contributed by atoms with Crippen LogP contribution in [0, 0.1) is 11.8 Å². The van der Waals surface area contributed by atoms with Crippen LogP contribution in [-0.2, 0) is 4.74 Å². The summed E-state index contributed by atoms with van der Waals surface area (Å²) in [4.78, 5) is 11.8.